The summed E-state index contributed by atoms with van der Waals surface area (Å²) in [6.07, 6.45) is 8.62. The van der Waals surface area contributed by atoms with Crippen molar-refractivity contribution in [3.05, 3.63) is 23.5 Å². The van der Waals surface area contributed by atoms with Crippen LogP contribution < -0.4 is 5.32 Å². The van der Waals surface area contributed by atoms with E-state index < -0.39 is 0 Å². The van der Waals surface area contributed by atoms with Crippen LogP contribution in [-0.2, 0) is 18.9 Å². The highest BCUT2D eigenvalue weighted by atomic mass is 14.9. The highest BCUT2D eigenvalue weighted by molar-refractivity contribution is 5.39. The van der Waals surface area contributed by atoms with Crippen molar-refractivity contribution in [2.45, 2.75) is 24.7 Å². The third kappa shape index (κ3) is 0.923. The predicted molar refractivity (Wildman–Crippen MR) is 52.9 cm³/mol. The second-order valence-electron chi connectivity index (χ2n) is 4.57. The van der Waals surface area contributed by atoms with Crippen LogP contribution in [0.5, 0.6) is 0 Å². The molecule has 0 saturated carbocycles. The minimum atomic E-state index is 0.511. The second-order valence-corrected chi connectivity index (χ2v) is 4.57. The molecule has 0 aromatic carbocycles. The van der Waals surface area contributed by atoms with E-state index in [0.717, 1.165) is 0 Å². The van der Waals surface area contributed by atoms with Crippen molar-refractivity contribution in [2.75, 3.05) is 13.1 Å². The maximum absolute atomic E-state index is 3.50. The van der Waals surface area contributed by atoms with Crippen LogP contribution in [-0.4, -0.2) is 17.7 Å². The molecule has 1 fully saturated rings. The van der Waals surface area contributed by atoms with Crippen molar-refractivity contribution < 1.29 is 0 Å². The van der Waals surface area contributed by atoms with Crippen LogP contribution in [0, 0.1) is 0 Å². The lowest BCUT2D eigenvalue weighted by Gasteiger charge is -2.21. The molecule has 2 heterocycles. The van der Waals surface area contributed by atoms with Gasteiger partial charge in [0.05, 0.1) is 0 Å². The molecule has 3 rings (SSSR count). The number of nitrogens with zero attached hydrogens (tertiary/aromatic N) is 1. The topological polar surface area (TPSA) is 17.0 Å². The van der Waals surface area contributed by atoms with E-state index in [1.807, 2.05) is 0 Å². The number of aromatic nitrogens is 1. The van der Waals surface area contributed by atoms with Crippen molar-refractivity contribution in [1.82, 2.24) is 9.88 Å². The van der Waals surface area contributed by atoms with Gasteiger partial charge in [0, 0.05) is 31.4 Å². The molecular weight excluding hydrogens is 160 g/mol. The van der Waals surface area contributed by atoms with Crippen molar-refractivity contribution in [3.63, 3.8) is 0 Å². The van der Waals surface area contributed by atoms with E-state index in [0.29, 0.717) is 5.41 Å². The first-order valence-corrected chi connectivity index (χ1v) is 5.16. The molecule has 13 heavy (non-hydrogen) atoms. The lowest BCUT2D eigenvalue weighted by molar-refractivity contribution is 0.465. The third-order valence-electron chi connectivity index (χ3n) is 3.73. The average Bonchev–Trinajstić information content (AvgIpc) is 2.73. The molecule has 1 unspecified atom stereocenters. The van der Waals surface area contributed by atoms with Crippen molar-refractivity contribution >= 4 is 0 Å². The highest BCUT2D eigenvalue weighted by Gasteiger charge is 2.41. The van der Waals surface area contributed by atoms with Gasteiger partial charge in [0.25, 0.3) is 0 Å². The molecule has 70 valence electrons. The third-order valence-corrected chi connectivity index (χ3v) is 3.73. The Kier molecular flexibility index (Phi) is 1.40. The van der Waals surface area contributed by atoms with Gasteiger partial charge in [0.1, 0.15) is 0 Å². The van der Waals surface area contributed by atoms with Gasteiger partial charge in [-0.2, -0.15) is 0 Å². The van der Waals surface area contributed by atoms with Crippen LogP contribution in [0.25, 0.3) is 0 Å². The second kappa shape index (κ2) is 2.38. The van der Waals surface area contributed by atoms with Crippen LogP contribution in [0.3, 0.4) is 0 Å². The fourth-order valence-corrected chi connectivity index (χ4v) is 3.01. The van der Waals surface area contributed by atoms with E-state index in [2.05, 4.69) is 29.3 Å². The van der Waals surface area contributed by atoms with Gasteiger partial charge in [-0.05, 0) is 36.9 Å². The Morgan fingerprint density at radius 2 is 2.31 bits per heavy atom. The highest BCUT2D eigenvalue weighted by Crippen LogP contribution is 2.43. The van der Waals surface area contributed by atoms with Crippen LogP contribution in [0.1, 0.15) is 24.0 Å². The maximum atomic E-state index is 3.50. The largest absolute Gasteiger partial charge is 0.357 e. The Bertz CT molecular complexity index is 332. The summed E-state index contributed by atoms with van der Waals surface area (Å²) in [4.78, 5) is 0. The summed E-state index contributed by atoms with van der Waals surface area (Å²) < 4.78 is 2.21. The zero-order chi connectivity index (χ0) is 8.89. The zero-order valence-electron chi connectivity index (χ0n) is 8.14. The molecule has 1 aromatic rings. The van der Waals surface area contributed by atoms with Gasteiger partial charge in [-0.25, -0.2) is 0 Å². The minimum Gasteiger partial charge on any atom is -0.357 e. The average molecular weight is 176 g/mol. The van der Waals surface area contributed by atoms with Crippen LogP contribution >= 0.6 is 0 Å². The summed E-state index contributed by atoms with van der Waals surface area (Å²) in [5.41, 5.74) is 3.72. The molecule has 1 aliphatic carbocycles. The van der Waals surface area contributed by atoms with E-state index >= 15 is 0 Å². The number of fused-ring (bicyclic) bond motifs is 2. The Balaban J connectivity index is 2.09. The zero-order valence-corrected chi connectivity index (χ0v) is 8.14. The van der Waals surface area contributed by atoms with E-state index in [-0.39, 0.29) is 0 Å². The van der Waals surface area contributed by atoms with Crippen LogP contribution in [0.4, 0.5) is 0 Å². The number of hydrogen-bond donors (Lipinski definition) is 1. The molecule has 1 spiro atoms. The molecule has 2 heteroatoms. The SMILES string of the molecule is Cn1cc2c(c1)C1(CCNC1)CC2. The fraction of sp³-hybridized carbons (Fsp3) is 0.636. The summed E-state index contributed by atoms with van der Waals surface area (Å²) >= 11 is 0. The Hall–Kier alpha value is -0.760. The molecule has 1 aliphatic heterocycles. The molecule has 0 radical (unpaired) electrons. The molecule has 1 atom stereocenters. The standard InChI is InChI=1S/C11H16N2/c1-13-6-9-2-3-11(10(9)7-13)4-5-12-8-11/h6-7,12H,2-5,8H2,1H3. The molecule has 1 N–H and O–H groups in total. The molecule has 1 saturated heterocycles. The minimum absolute atomic E-state index is 0.511. The first-order valence-electron chi connectivity index (χ1n) is 5.16. The first kappa shape index (κ1) is 7.63. The lowest BCUT2D eigenvalue weighted by Crippen LogP contribution is -2.25. The fourth-order valence-electron chi connectivity index (χ4n) is 3.01. The van der Waals surface area contributed by atoms with Gasteiger partial charge in [-0.1, -0.05) is 0 Å². The van der Waals surface area contributed by atoms with Gasteiger partial charge < -0.3 is 9.88 Å². The first-order chi connectivity index (χ1) is 6.30. The van der Waals surface area contributed by atoms with Gasteiger partial charge in [-0.3, -0.25) is 0 Å². The van der Waals surface area contributed by atoms with E-state index in [9.17, 15) is 0 Å². The van der Waals surface area contributed by atoms with Crippen molar-refractivity contribution in [3.8, 4) is 0 Å². The number of rotatable bonds is 0. The Morgan fingerprint density at radius 3 is 3.08 bits per heavy atom. The summed E-state index contributed by atoms with van der Waals surface area (Å²) in [7, 11) is 2.13. The van der Waals surface area contributed by atoms with Crippen molar-refractivity contribution in [2.24, 2.45) is 7.05 Å². The monoisotopic (exact) mass is 176 g/mol. The van der Waals surface area contributed by atoms with Gasteiger partial charge >= 0.3 is 0 Å². The molecule has 2 nitrogen and oxygen atoms in total. The summed E-state index contributed by atoms with van der Waals surface area (Å²) in [5.74, 6) is 0. The van der Waals surface area contributed by atoms with E-state index in [1.54, 1.807) is 11.1 Å². The van der Waals surface area contributed by atoms with E-state index in [4.69, 9.17) is 0 Å². The predicted octanol–water partition coefficient (Wildman–Crippen LogP) is 1.20. The van der Waals surface area contributed by atoms with E-state index in [1.165, 1.54) is 32.4 Å². The van der Waals surface area contributed by atoms with Crippen molar-refractivity contribution in [1.29, 1.82) is 0 Å². The molecule has 1 aromatic heterocycles. The van der Waals surface area contributed by atoms with Gasteiger partial charge in [0.15, 0.2) is 0 Å². The van der Waals surface area contributed by atoms with Gasteiger partial charge in [-0.15, -0.1) is 0 Å². The van der Waals surface area contributed by atoms with Crippen LogP contribution in [0.2, 0.25) is 0 Å². The number of hydrogen-bond acceptors (Lipinski definition) is 1. The maximum Gasteiger partial charge on any atom is 0.0111 e. The molecule has 0 amide bonds. The molecule has 2 aliphatic rings. The number of nitrogens with one attached hydrogen (secondary N) is 1. The normalized spacial score (nSPS) is 31.5. The summed E-state index contributed by atoms with van der Waals surface area (Å²) in [6, 6.07) is 0. The Labute approximate surface area is 78.9 Å². The summed E-state index contributed by atoms with van der Waals surface area (Å²) in [5, 5.41) is 3.50. The summed E-state index contributed by atoms with van der Waals surface area (Å²) in [6.45, 7) is 2.40. The molecular formula is C11H16N2. The smallest absolute Gasteiger partial charge is 0.0111 e. The lowest BCUT2D eigenvalue weighted by atomic mass is 9.82. The molecule has 0 bridgehead atoms. The quantitative estimate of drug-likeness (QED) is 0.628. The van der Waals surface area contributed by atoms with Gasteiger partial charge in [0.2, 0.25) is 0 Å². The number of aryl methyl sites for hydroxylation is 2. The van der Waals surface area contributed by atoms with Crippen LogP contribution in [0.15, 0.2) is 12.4 Å². The Morgan fingerprint density at radius 1 is 1.38 bits per heavy atom.